The van der Waals surface area contributed by atoms with E-state index in [4.69, 9.17) is 0 Å². The molecule has 5 nitrogen and oxygen atoms in total. The average molecular weight is 237 g/mol. The molecular weight excluding hydrogens is 218 g/mol. The van der Waals surface area contributed by atoms with Crippen LogP contribution in [0.15, 0.2) is 10.9 Å². The van der Waals surface area contributed by atoms with Crippen LogP contribution in [0.4, 0.5) is 5.82 Å². The van der Waals surface area contributed by atoms with E-state index in [-0.39, 0.29) is 11.7 Å². The molecule has 0 radical (unpaired) electrons. The predicted molar refractivity (Wildman–Crippen MR) is 66.2 cm³/mol. The summed E-state index contributed by atoms with van der Waals surface area (Å²) in [6, 6.07) is 1.44. The van der Waals surface area contributed by atoms with Crippen LogP contribution in [-0.4, -0.2) is 27.7 Å². The Morgan fingerprint density at radius 1 is 1.65 bits per heavy atom. The topological polar surface area (TPSA) is 78.0 Å². The van der Waals surface area contributed by atoms with Crippen LogP contribution in [0.1, 0.15) is 44.3 Å². The van der Waals surface area contributed by atoms with E-state index in [1.54, 1.807) is 0 Å². The van der Waals surface area contributed by atoms with Gasteiger partial charge in [0, 0.05) is 18.5 Å². The molecule has 0 spiro atoms. The van der Waals surface area contributed by atoms with E-state index in [9.17, 15) is 9.90 Å². The number of hydrogen-bond donors (Lipinski definition) is 3. The molecule has 0 amide bonds. The second kappa shape index (κ2) is 5.31. The van der Waals surface area contributed by atoms with Crippen molar-refractivity contribution in [3.05, 3.63) is 22.2 Å². The molecule has 0 saturated heterocycles. The third-order valence-electron chi connectivity index (χ3n) is 2.86. The van der Waals surface area contributed by atoms with Gasteiger partial charge in [0.15, 0.2) is 0 Å². The molecule has 17 heavy (non-hydrogen) atoms. The first-order valence-corrected chi connectivity index (χ1v) is 6.22. The van der Waals surface area contributed by atoms with Crippen molar-refractivity contribution in [3.8, 4) is 0 Å². The standard InChI is InChI=1S/C12H19N3O2/c1-2-3-9(16)7-13-10-6-11(17)15-12(14-10)8-4-5-8/h6,8-9,16H,2-5,7H2,1H3,(H2,13,14,15,17). The largest absolute Gasteiger partial charge is 0.391 e. The van der Waals surface area contributed by atoms with Crippen molar-refractivity contribution in [3.63, 3.8) is 0 Å². The van der Waals surface area contributed by atoms with Crippen LogP contribution in [0, 0.1) is 0 Å². The monoisotopic (exact) mass is 237 g/mol. The SMILES string of the molecule is CCCC(O)CNc1cc(=O)[nH]c(C2CC2)n1. The summed E-state index contributed by atoms with van der Waals surface area (Å²) in [6.45, 7) is 2.47. The molecule has 1 saturated carbocycles. The van der Waals surface area contributed by atoms with Gasteiger partial charge in [-0.3, -0.25) is 4.79 Å². The fraction of sp³-hybridized carbons (Fsp3) is 0.667. The number of aromatic nitrogens is 2. The average Bonchev–Trinajstić information content (AvgIpc) is 3.10. The Morgan fingerprint density at radius 3 is 3.06 bits per heavy atom. The number of aliphatic hydroxyl groups is 1. The van der Waals surface area contributed by atoms with E-state index < -0.39 is 0 Å². The van der Waals surface area contributed by atoms with E-state index in [0.717, 1.165) is 31.5 Å². The van der Waals surface area contributed by atoms with Crippen molar-refractivity contribution in [2.24, 2.45) is 0 Å². The smallest absolute Gasteiger partial charge is 0.252 e. The molecule has 1 aromatic rings. The number of anilines is 1. The fourth-order valence-corrected chi connectivity index (χ4v) is 1.77. The van der Waals surface area contributed by atoms with Crippen LogP contribution in [0.25, 0.3) is 0 Å². The molecule has 2 rings (SSSR count). The molecule has 1 aromatic heterocycles. The maximum atomic E-state index is 11.4. The van der Waals surface area contributed by atoms with Crippen molar-refractivity contribution < 1.29 is 5.11 Å². The van der Waals surface area contributed by atoms with Gasteiger partial charge in [0.25, 0.3) is 5.56 Å². The predicted octanol–water partition coefficient (Wildman–Crippen LogP) is 1.22. The summed E-state index contributed by atoms with van der Waals surface area (Å²) < 4.78 is 0. The van der Waals surface area contributed by atoms with Gasteiger partial charge in [-0.05, 0) is 19.3 Å². The second-order valence-electron chi connectivity index (χ2n) is 4.61. The molecule has 1 aliphatic carbocycles. The van der Waals surface area contributed by atoms with E-state index in [1.807, 2.05) is 6.92 Å². The van der Waals surface area contributed by atoms with Crippen LogP contribution in [-0.2, 0) is 0 Å². The molecule has 1 atom stereocenters. The van der Waals surface area contributed by atoms with Gasteiger partial charge in [0.05, 0.1) is 6.10 Å². The van der Waals surface area contributed by atoms with Gasteiger partial charge in [-0.15, -0.1) is 0 Å². The maximum absolute atomic E-state index is 11.4. The van der Waals surface area contributed by atoms with Gasteiger partial charge < -0.3 is 15.4 Å². The van der Waals surface area contributed by atoms with Crippen molar-refractivity contribution >= 4 is 5.82 Å². The molecular formula is C12H19N3O2. The van der Waals surface area contributed by atoms with Crippen molar-refractivity contribution in [1.29, 1.82) is 0 Å². The first-order valence-electron chi connectivity index (χ1n) is 6.22. The Bertz CT molecular complexity index is 426. The molecule has 1 fully saturated rings. The van der Waals surface area contributed by atoms with Crippen LogP contribution >= 0.6 is 0 Å². The maximum Gasteiger partial charge on any atom is 0.252 e. The van der Waals surface area contributed by atoms with Crippen LogP contribution in [0.2, 0.25) is 0 Å². The van der Waals surface area contributed by atoms with Crippen molar-refractivity contribution in [2.45, 2.75) is 44.6 Å². The number of aromatic amines is 1. The normalized spacial score (nSPS) is 16.8. The van der Waals surface area contributed by atoms with Crippen molar-refractivity contribution in [2.75, 3.05) is 11.9 Å². The molecule has 94 valence electrons. The van der Waals surface area contributed by atoms with Gasteiger partial charge >= 0.3 is 0 Å². The molecule has 0 aliphatic heterocycles. The molecule has 3 N–H and O–H groups in total. The van der Waals surface area contributed by atoms with E-state index in [1.165, 1.54) is 6.07 Å². The third-order valence-corrected chi connectivity index (χ3v) is 2.86. The highest BCUT2D eigenvalue weighted by atomic mass is 16.3. The summed E-state index contributed by atoms with van der Waals surface area (Å²) in [6.07, 6.45) is 3.52. The summed E-state index contributed by atoms with van der Waals surface area (Å²) in [4.78, 5) is 18.5. The zero-order valence-corrected chi connectivity index (χ0v) is 10.1. The number of hydrogen-bond acceptors (Lipinski definition) is 4. The van der Waals surface area contributed by atoms with Gasteiger partial charge in [-0.1, -0.05) is 13.3 Å². The zero-order valence-electron chi connectivity index (χ0n) is 10.1. The first-order chi connectivity index (χ1) is 8.19. The highest BCUT2D eigenvalue weighted by Crippen LogP contribution is 2.37. The van der Waals surface area contributed by atoms with Gasteiger partial charge in [-0.2, -0.15) is 0 Å². The van der Waals surface area contributed by atoms with Gasteiger partial charge in [0.2, 0.25) is 0 Å². The lowest BCUT2D eigenvalue weighted by molar-refractivity contribution is 0.176. The minimum Gasteiger partial charge on any atom is -0.391 e. The highest BCUT2D eigenvalue weighted by molar-refractivity contribution is 5.34. The van der Waals surface area contributed by atoms with Crippen LogP contribution < -0.4 is 10.9 Å². The third kappa shape index (κ3) is 3.56. The molecule has 1 heterocycles. The lowest BCUT2D eigenvalue weighted by Gasteiger charge is -2.11. The fourth-order valence-electron chi connectivity index (χ4n) is 1.77. The summed E-state index contributed by atoms with van der Waals surface area (Å²) in [5, 5.41) is 12.6. The van der Waals surface area contributed by atoms with Gasteiger partial charge in [-0.25, -0.2) is 4.98 Å². The van der Waals surface area contributed by atoms with Gasteiger partial charge in [0.1, 0.15) is 11.6 Å². The summed E-state index contributed by atoms with van der Waals surface area (Å²) >= 11 is 0. The number of aliphatic hydroxyl groups excluding tert-OH is 1. The summed E-state index contributed by atoms with van der Waals surface area (Å²) in [5.74, 6) is 1.75. The van der Waals surface area contributed by atoms with E-state index in [2.05, 4.69) is 15.3 Å². The van der Waals surface area contributed by atoms with E-state index in [0.29, 0.717) is 18.3 Å². The number of H-pyrrole nitrogens is 1. The second-order valence-corrected chi connectivity index (χ2v) is 4.61. The first kappa shape index (κ1) is 12.1. The Labute approximate surface area is 100 Å². The van der Waals surface area contributed by atoms with Crippen LogP contribution in [0.3, 0.4) is 0 Å². The molecule has 0 aromatic carbocycles. The lowest BCUT2D eigenvalue weighted by Crippen LogP contribution is -2.21. The summed E-state index contributed by atoms with van der Waals surface area (Å²) in [7, 11) is 0. The number of rotatable bonds is 6. The quantitative estimate of drug-likeness (QED) is 0.695. The molecule has 0 bridgehead atoms. The molecule has 1 aliphatic rings. The number of nitrogens with zero attached hydrogens (tertiary/aromatic N) is 1. The molecule has 5 heteroatoms. The minimum absolute atomic E-state index is 0.130. The zero-order chi connectivity index (χ0) is 12.3. The van der Waals surface area contributed by atoms with Crippen LogP contribution in [0.5, 0.6) is 0 Å². The number of nitrogens with one attached hydrogen (secondary N) is 2. The minimum atomic E-state index is -0.384. The highest BCUT2D eigenvalue weighted by Gasteiger charge is 2.26. The van der Waals surface area contributed by atoms with E-state index >= 15 is 0 Å². The Morgan fingerprint density at radius 2 is 2.41 bits per heavy atom. The van der Waals surface area contributed by atoms with Crippen molar-refractivity contribution in [1.82, 2.24) is 9.97 Å². The Hall–Kier alpha value is -1.36. The lowest BCUT2D eigenvalue weighted by atomic mass is 10.2. The Balaban J connectivity index is 1.97. The summed E-state index contributed by atoms with van der Waals surface area (Å²) in [5.41, 5.74) is -0.130. The molecule has 1 unspecified atom stereocenters. The Kier molecular flexibility index (Phi) is 3.78.